The molecule has 0 bridgehead atoms. The molecule has 5 nitrogen and oxygen atoms in total. The highest BCUT2D eigenvalue weighted by molar-refractivity contribution is 6.30. The van der Waals surface area contributed by atoms with Crippen LogP contribution in [0, 0.1) is 0 Å². The number of urea groups is 1. The Morgan fingerprint density at radius 3 is 2.74 bits per heavy atom. The van der Waals surface area contributed by atoms with Crippen molar-refractivity contribution in [3.63, 3.8) is 0 Å². The molecular weight excluding hydrogens is 314 g/mol. The van der Waals surface area contributed by atoms with Gasteiger partial charge in [-0.3, -0.25) is 0 Å². The van der Waals surface area contributed by atoms with Gasteiger partial charge in [-0.05, 0) is 50.5 Å². The van der Waals surface area contributed by atoms with Crippen molar-refractivity contribution in [2.45, 2.75) is 44.7 Å². The van der Waals surface area contributed by atoms with Crippen molar-refractivity contribution in [3.8, 4) is 0 Å². The minimum atomic E-state index is -0.368. The molecule has 0 radical (unpaired) electrons. The molecule has 2 atom stereocenters. The van der Waals surface area contributed by atoms with Crippen molar-refractivity contribution in [3.05, 3.63) is 29.3 Å². The lowest BCUT2D eigenvalue weighted by Crippen LogP contribution is -2.53. The van der Waals surface area contributed by atoms with E-state index in [9.17, 15) is 4.79 Å². The van der Waals surface area contributed by atoms with E-state index in [-0.39, 0.29) is 24.2 Å². The minimum Gasteiger partial charge on any atom is -0.396 e. The number of carbonyl (C=O) groups excluding carboxylic acids is 1. The highest BCUT2D eigenvalue weighted by atomic mass is 35.5. The largest absolute Gasteiger partial charge is 0.396 e. The Morgan fingerprint density at radius 1 is 1.43 bits per heavy atom. The van der Waals surface area contributed by atoms with Gasteiger partial charge in [0.15, 0.2) is 0 Å². The summed E-state index contributed by atoms with van der Waals surface area (Å²) in [6.45, 7) is 5.73. The maximum atomic E-state index is 12.2. The van der Waals surface area contributed by atoms with Gasteiger partial charge in [0.1, 0.15) is 0 Å². The van der Waals surface area contributed by atoms with Crippen LogP contribution < -0.4 is 15.5 Å². The summed E-state index contributed by atoms with van der Waals surface area (Å²) >= 11 is 5.92. The third kappa shape index (κ3) is 5.01. The Kier molecular flexibility index (Phi) is 6.13. The number of benzene rings is 1. The van der Waals surface area contributed by atoms with Crippen LogP contribution >= 0.6 is 11.6 Å². The van der Waals surface area contributed by atoms with Crippen LogP contribution in [0.15, 0.2) is 24.3 Å². The Labute approximate surface area is 143 Å². The number of anilines is 1. The molecule has 2 amide bonds. The second-order valence-electron chi connectivity index (χ2n) is 6.39. The predicted octanol–water partition coefficient (Wildman–Crippen LogP) is 2.77. The van der Waals surface area contributed by atoms with Gasteiger partial charge < -0.3 is 20.6 Å². The first-order chi connectivity index (χ1) is 11.0. The Hall–Kier alpha value is -1.46. The molecule has 0 saturated carbocycles. The lowest BCUT2D eigenvalue weighted by atomic mass is 9.95. The monoisotopic (exact) mass is 339 g/mol. The molecule has 1 aliphatic heterocycles. The summed E-state index contributed by atoms with van der Waals surface area (Å²) in [6.07, 6.45) is 2.25. The maximum Gasteiger partial charge on any atom is 0.315 e. The molecule has 1 heterocycles. The first kappa shape index (κ1) is 17.9. The number of aliphatic hydroxyl groups is 1. The minimum absolute atomic E-state index is 0.0679. The van der Waals surface area contributed by atoms with E-state index in [1.165, 1.54) is 0 Å². The molecule has 128 valence electrons. The summed E-state index contributed by atoms with van der Waals surface area (Å²) in [4.78, 5) is 14.4. The van der Waals surface area contributed by atoms with Crippen LogP contribution in [-0.2, 0) is 0 Å². The molecule has 1 aromatic carbocycles. The summed E-state index contributed by atoms with van der Waals surface area (Å²) in [5.41, 5.74) is 0.755. The SMILES string of the molecule is CCC(C)(CCO)NC(=O)NC1CCN(c2ccc(Cl)cc2)C1. The van der Waals surface area contributed by atoms with Gasteiger partial charge in [0.2, 0.25) is 0 Å². The van der Waals surface area contributed by atoms with E-state index >= 15 is 0 Å². The third-order valence-corrected chi connectivity index (χ3v) is 4.83. The van der Waals surface area contributed by atoms with E-state index < -0.39 is 0 Å². The molecule has 1 aliphatic rings. The Bertz CT molecular complexity index is 523. The van der Waals surface area contributed by atoms with Crippen molar-refractivity contribution >= 4 is 23.3 Å². The fraction of sp³-hybridized carbons (Fsp3) is 0.588. The van der Waals surface area contributed by atoms with Crippen LogP contribution in [0.1, 0.15) is 33.1 Å². The van der Waals surface area contributed by atoms with Gasteiger partial charge in [-0.15, -0.1) is 0 Å². The van der Waals surface area contributed by atoms with Gasteiger partial charge in [-0.1, -0.05) is 18.5 Å². The zero-order valence-electron chi connectivity index (χ0n) is 13.8. The molecule has 1 fully saturated rings. The molecule has 6 heteroatoms. The molecule has 2 rings (SSSR count). The van der Waals surface area contributed by atoms with Crippen molar-refractivity contribution in [1.82, 2.24) is 10.6 Å². The predicted molar refractivity (Wildman–Crippen MR) is 94.1 cm³/mol. The molecule has 0 spiro atoms. The number of halogens is 1. The summed E-state index contributed by atoms with van der Waals surface area (Å²) < 4.78 is 0. The van der Waals surface area contributed by atoms with E-state index in [0.717, 1.165) is 36.6 Å². The zero-order valence-corrected chi connectivity index (χ0v) is 14.6. The maximum absolute atomic E-state index is 12.2. The zero-order chi connectivity index (χ0) is 16.9. The number of aliphatic hydroxyl groups excluding tert-OH is 1. The Morgan fingerprint density at radius 2 is 2.13 bits per heavy atom. The van der Waals surface area contributed by atoms with Gasteiger partial charge in [0.05, 0.1) is 0 Å². The average Bonchev–Trinajstić information content (AvgIpc) is 2.96. The molecular formula is C17H26ClN3O2. The van der Waals surface area contributed by atoms with Crippen molar-refractivity contribution in [2.24, 2.45) is 0 Å². The van der Waals surface area contributed by atoms with Crippen LogP contribution in [0.25, 0.3) is 0 Å². The van der Waals surface area contributed by atoms with E-state index in [2.05, 4.69) is 15.5 Å². The van der Waals surface area contributed by atoms with Crippen LogP contribution in [0.2, 0.25) is 5.02 Å². The summed E-state index contributed by atoms with van der Waals surface area (Å²) in [5, 5.41) is 15.9. The number of rotatable bonds is 6. The topological polar surface area (TPSA) is 64.6 Å². The standard InChI is InChI=1S/C17H26ClN3O2/c1-3-17(2,9-11-22)20-16(23)19-14-8-10-21(12-14)15-6-4-13(18)5-7-15/h4-7,14,22H,3,8-12H2,1-2H3,(H2,19,20,23). The molecule has 1 aromatic rings. The smallest absolute Gasteiger partial charge is 0.315 e. The number of carbonyl (C=O) groups is 1. The molecule has 1 saturated heterocycles. The van der Waals surface area contributed by atoms with Crippen LogP contribution in [-0.4, -0.2) is 42.4 Å². The lowest BCUT2D eigenvalue weighted by molar-refractivity contribution is 0.199. The third-order valence-electron chi connectivity index (χ3n) is 4.57. The van der Waals surface area contributed by atoms with E-state index in [4.69, 9.17) is 16.7 Å². The van der Waals surface area contributed by atoms with Crippen LogP contribution in [0.5, 0.6) is 0 Å². The molecule has 23 heavy (non-hydrogen) atoms. The van der Waals surface area contributed by atoms with Gasteiger partial charge >= 0.3 is 6.03 Å². The molecule has 2 unspecified atom stereocenters. The quantitative estimate of drug-likeness (QED) is 0.746. The number of amides is 2. The van der Waals surface area contributed by atoms with Crippen molar-refractivity contribution in [1.29, 1.82) is 0 Å². The first-order valence-corrected chi connectivity index (χ1v) is 8.53. The second kappa shape index (κ2) is 7.88. The van der Waals surface area contributed by atoms with Crippen LogP contribution in [0.4, 0.5) is 10.5 Å². The number of nitrogens with one attached hydrogen (secondary N) is 2. The Balaban J connectivity index is 1.85. The fourth-order valence-corrected chi connectivity index (χ4v) is 2.96. The number of hydrogen-bond acceptors (Lipinski definition) is 3. The summed E-state index contributed by atoms with van der Waals surface area (Å²) in [5.74, 6) is 0. The summed E-state index contributed by atoms with van der Waals surface area (Å²) in [7, 11) is 0. The summed E-state index contributed by atoms with van der Waals surface area (Å²) in [6, 6.07) is 7.73. The van der Waals surface area contributed by atoms with Gasteiger partial charge in [0.25, 0.3) is 0 Å². The van der Waals surface area contributed by atoms with E-state index in [1.54, 1.807) is 0 Å². The first-order valence-electron chi connectivity index (χ1n) is 8.16. The van der Waals surface area contributed by atoms with Gasteiger partial charge in [-0.25, -0.2) is 4.79 Å². The number of nitrogens with zero attached hydrogens (tertiary/aromatic N) is 1. The molecule has 0 aliphatic carbocycles. The highest BCUT2D eigenvalue weighted by Gasteiger charge is 2.27. The van der Waals surface area contributed by atoms with Gasteiger partial charge in [0, 0.05) is 42.0 Å². The van der Waals surface area contributed by atoms with Crippen LogP contribution in [0.3, 0.4) is 0 Å². The van der Waals surface area contributed by atoms with E-state index in [1.807, 2.05) is 38.1 Å². The van der Waals surface area contributed by atoms with Gasteiger partial charge in [-0.2, -0.15) is 0 Å². The fourth-order valence-electron chi connectivity index (χ4n) is 2.83. The number of hydrogen-bond donors (Lipinski definition) is 3. The lowest BCUT2D eigenvalue weighted by Gasteiger charge is -2.29. The molecule has 0 aromatic heterocycles. The van der Waals surface area contributed by atoms with Crippen molar-refractivity contribution < 1.29 is 9.90 Å². The second-order valence-corrected chi connectivity index (χ2v) is 6.83. The normalized spacial score (nSPS) is 20.2. The molecule has 3 N–H and O–H groups in total. The highest BCUT2D eigenvalue weighted by Crippen LogP contribution is 2.22. The average molecular weight is 340 g/mol. The van der Waals surface area contributed by atoms with Crippen molar-refractivity contribution in [2.75, 3.05) is 24.6 Å². The van der Waals surface area contributed by atoms with E-state index in [0.29, 0.717) is 6.42 Å².